The number of hydrogen-bond donors (Lipinski definition) is 4. The molecule has 1 amide bonds. The van der Waals surface area contributed by atoms with Gasteiger partial charge in [0.1, 0.15) is 12.0 Å². The van der Waals surface area contributed by atoms with Crippen LogP contribution in [0.3, 0.4) is 0 Å². The van der Waals surface area contributed by atoms with E-state index in [1.165, 1.54) is 6.33 Å². The normalized spacial score (nSPS) is 10.2. The number of benzene rings is 2. The van der Waals surface area contributed by atoms with E-state index >= 15 is 0 Å². The number of aromatic nitrogens is 2. The lowest BCUT2D eigenvalue weighted by molar-refractivity contribution is -0.119. The Morgan fingerprint density at radius 1 is 1.00 bits per heavy atom. The zero-order valence-corrected chi connectivity index (χ0v) is 15.3. The van der Waals surface area contributed by atoms with Gasteiger partial charge in [-0.05, 0) is 29.8 Å². The SMILES string of the molecule is Nc1c(NNC(=O)Cc2ccccc2)ncnc1Nc1ccc(Br)cc1. The van der Waals surface area contributed by atoms with Gasteiger partial charge in [0.2, 0.25) is 5.91 Å². The van der Waals surface area contributed by atoms with E-state index in [2.05, 4.69) is 42.1 Å². The van der Waals surface area contributed by atoms with Crippen LogP contribution in [-0.4, -0.2) is 15.9 Å². The summed E-state index contributed by atoms with van der Waals surface area (Å²) in [5, 5.41) is 3.12. The van der Waals surface area contributed by atoms with Crippen LogP contribution < -0.4 is 21.9 Å². The fraction of sp³-hybridized carbons (Fsp3) is 0.0556. The lowest BCUT2D eigenvalue weighted by Crippen LogP contribution is -2.31. The van der Waals surface area contributed by atoms with Crippen LogP contribution in [0.5, 0.6) is 0 Å². The fourth-order valence-electron chi connectivity index (χ4n) is 2.22. The number of nitrogens with one attached hydrogen (secondary N) is 3. The van der Waals surface area contributed by atoms with E-state index in [1.54, 1.807) is 0 Å². The number of carbonyl (C=O) groups excluding carboxylic acids is 1. The molecule has 2 aromatic carbocycles. The maximum Gasteiger partial charge on any atom is 0.242 e. The molecule has 0 fully saturated rings. The molecule has 5 N–H and O–H groups in total. The highest BCUT2D eigenvalue weighted by atomic mass is 79.9. The summed E-state index contributed by atoms with van der Waals surface area (Å²) in [7, 11) is 0. The molecule has 0 saturated carbocycles. The van der Waals surface area contributed by atoms with Crippen molar-refractivity contribution in [2.45, 2.75) is 6.42 Å². The van der Waals surface area contributed by atoms with Crippen LogP contribution in [0.25, 0.3) is 0 Å². The van der Waals surface area contributed by atoms with Crippen molar-refractivity contribution in [1.29, 1.82) is 0 Å². The predicted octanol–water partition coefficient (Wildman–Crippen LogP) is 3.25. The number of nitrogen functional groups attached to an aromatic ring is 1. The van der Waals surface area contributed by atoms with Crippen LogP contribution in [-0.2, 0) is 11.2 Å². The Labute approximate surface area is 159 Å². The van der Waals surface area contributed by atoms with Crippen LogP contribution in [0.15, 0.2) is 65.4 Å². The second kappa shape index (κ2) is 8.30. The summed E-state index contributed by atoms with van der Waals surface area (Å²) in [6.07, 6.45) is 1.62. The van der Waals surface area contributed by atoms with E-state index in [0.29, 0.717) is 17.3 Å². The van der Waals surface area contributed by atoms with E-state index < -0.39 is 0 Å². The molecular formula is C18H17BrN6O. The Bertz CT molecular complexity index is 886. The minimum atomic E-state index is -0.198. The zero-order valence-electron chi connectivity index (χ0n) is 13.7. The maximum atomic E-state index is 12.0. The first kappa shape index (κ1) is 17.7. The molecule has 0 aliphatic rings. The monoisotopic (exact) mass is 412 g/mol. The Morgan fingerprint density at radius 3 is 2.42 bits per heavy atom. The van der Waals surface area contributed by atoms with Crippen molar-refractivity contribution < 1.29 is 4.79 Å². The second-order valence-corrected chi connectivity index (χ2v) is 6.37. The number of amides is 1. The molecule has 0 unspecified atom stereocenters. The van der Waals surface area contributed by atoms with Gasteiger partial charge in [0.25, 0.3) is 0 Å². The van der Waals surface area contributed by atoms with Gasteiger partial charge in [0.05, 0.1) is 6.42 Å². The number of anilines is 4. The molecular weight excluding hydrogens is 396 g/mol. The first-order valence-corrected chi connectivity index (χ1v) is 8.63. The summed E-state index contributed by atoms with van der Waals surface area (Å²) in [5.41, 5.74) is 13.5. The molecule has 1 heterocycles. The van der Waals surface area contributed by atoms with Crippen molar-refractivity contribution >= 4 is 44.8 Å². The molecule has 0 saturated heterocycles. The molecule has 0 aliphatic carbocycles. The molecule has 0 bridgehead atoms. The Kier molecular flexibility index (Phi) is 5.65. The summed E-state index contributed by atoms with van der Waals surface area (Å²) in [5.74, 6) is 0.569. The smallest absolute Gasteiger partial charge is 0.242 e. The second-order valence-electron chi connectivity index (χ2n) is 5.45. The quantitative estimate of drug-likeness (QED) is 0.463. The summed E-state index contributed by atoms with van der Waals surface area (Å²) in [6.45, 7) is 0. The molecule has 7 nitrogen and oxygen atoms in total. The zero-order chi connectivity index (χ0) is 18.4. The summed E-state index contributed by atoms with van der Waals surface area (Å²) in [4.78, 5) is 20.2. The van der Waals surface area contributed by atoms with Crippen molar-refractivity contribution in [3.8, 4) is 0 Å². The molecule has 1 aromatic heterocycles. The molecule has 8 heteroatoms. The number of nitrogens with two attached hydrogens (primary N) is 1. The molecule has 3 aromatic rings. The third kappa shape index (κ3) is 4.70. The van der Waals surface area contributed by atoms with E-state index in [9.17, 15) is 4.79 Å². The number of nitrogens with zero attached hydrogens (tertiary/aromatic N) is 2. The van der Waals surface area contributed by atoms with E-state index in [0.717, 1.165) is 15.7 Å². The molecule has 132 valence electrons. The van der Waals surface area contributed by atoms with Crippen LogP contribution in [0, 0.1) is 0 Å². The summed E-state index contributed by atoms with van der Waals surface area (Å²) >= 11 is 3.39. The van der Waals surface area contributed by atoms with E-state index in [4.69, 9.17) is 5.73 Å². The lowest BCUT2D eigenvalue weighted by Gasteiger charge is -2.13. The average molecular weight is 413 g/mol. The first-order valence-electron chi connectivity index (χ1n) is 7.83. The third-order valence-electron chi connectivity index (χ3n) is 3.52. The van der Waals surface area contributed by atoms with Crippen molar-refractivity contribution in [2.75, 3.05) is 16.5 Å². The standard InChI is InChI=1S/C18H17BrN6O/c19-13-6-8-14(9-7-13)23-17-16(20)18(22-11-21-17)25-24-15(26)10-12-4-2-1-3-5-12/h1-9,11H,10,20H2,(H,24,26)(H2,21,22,23,25). The molecule has 0 atom stereocenters. The van der Waals surface area contributed by atoms with Crippen molar-refractivity contribution in [3.05, 3.63) is 71.0 Å². The van der Waals surface area contributed by atoms with Gasteiger partial charge in [-0.15, -0.1) is 0 Å². The highest BCUT2D eigenvalue weighted by Crippen LogP contribution is 2.25. The summed E-state index contributed by atoms with van der Waals surface area (Å²) in [6, 6.07) is 17.0. The van der Waals surface area contributed by atoms with Gasteiger partial charge in [-0.25, -0.2) is 9.97 Å². The highest BCUT2D eigenvalue weighted by Gasteiger charge is 2.10. The number of rotatable bonds is 6. The van der Waals surface area contributed by atoms with Crippen molar-refractivity contribution in [2.24, 2.45) is 0 Å². The number of carbonyl (C=O) groups is 1. The molecule has 0 aliphatic heterocycles. The van der Waals surface area contributed by atoms with Gasteiger partial charge >= 0.3 is 0 Å². The first-order chi connectivity index (χ1) is 12.6. The fourth-order valence-corrected chi connectivity index (χ4v) is 2.48. The van der Waals surface area contributed by atoms with Gasteiger partial charge in [-0.2, -0.15) is 0 Å². The van der Waals surface area contributed by atoms with Gasteiger partial charge in [0.15, 0.2) is 11.6 Å². The molecule has 0 radical (unpaired) electrons. The van der Waals surface area contributed by atoms with E-state index in [-0.39, 0.29) is 12.3 Å². The lowest BCUT2D eigenvalue weighted by atomic mass is 10.1. The predicted molar refractivity (Wildman–Crippen MR) is 106 cm³/mol. The topological polar surface area (TPSA) is 105 Å². The minimum Gasteiger partial charge on any atom is -0.393 e. The van der Waals surface area contributed by atoms with Gasteiger partial charge in [-0.3, -0.25) is 15.6 Å². The summed E-state index contributed by atoms with van der Waals surface area (Å²) < 4.78 is 0.974. The number of hydrogen-bond acceptors (Lipinski definition) is 6. The molecule has 26 heavy (non-hydrogen) atoms. The highest BCUT2D eigenvalue weighted by molar-refractivity contribution is 9.10. The van der Waals surface area contributed by atoms with E-state index in [1.807, 2.05) is 54.6 Å². The number of halogens is 1. The van der Waals surface area contributed by atoms with Crippen LogP contribution in [0.4, 0.5) is 23.0 Å². The van der Waals surface area contributed by atoms with Crippen molar-refractivity contribution in [3.63, 3.8) is 0 Å². The number of hydrazine groups is 1. The van der Waals surface area contributed by atoms with Crippen LogP contribution >= 0.6 is 15.9 Å². The molecule has 3 rings (SSSR count). The average Bonchev–Trinajstić information content (AvgIpc) is 2.65. The van der Waals surface area contributed by atoms with Crippen LogP contribution in [0.1, 0.15) is 5.56 Å². The van der Waals surface area contributed by atoms with Gasteiger partial charge in [-0.1, -0.05) is 46.3 Å². The Balaban J connectivity index is 1.63. The van der Waals surface area contributed by atoms with Crippen LogP contribution in [0.2, 0.25) is 0 Å². The third-order valence-corrected chi connectivity index (χ3v) is 4.05. The van der Waals surface area contributed by atoms with Crippen molar-refractivity contribution in [1.82, 2.24) is 15.4 Å². The minimum absolute atomic E-state index is 0.198. The Morgan fingerprint density at radius 2 is 1.69 bits per heavy atom. The maximum absolute atomic E-state index is 12.0. The van der Waals surface area contributed by atoms with Gasteiger partial charge in [0, 0.05) is 10.2 Å². The Hall–Kier alpha value is -3.13. The van der Waals surface area contributed by atoms with Gasteiger partial charge < -0.3 is 11.1 Å². The molecule has 0 spiro atoms. The largest absolute Gasteiger partial charge is 0.393 e.